The van der Waals surface area contributed by atoms with Gasteiger partial charge in [-0.3, -0.25) is 43.2 Å². The third-order valence-corrected chi connectivity index (χ3v) is 16.0. The summed E-state index contributed by atoms with van der Waals surface area (Å²) in [5, 5.41) is 26.7. The Hall–Kier alpha value is -7.19. The maximum Gasteiger partial charge on any atom is 0.251 e. The molecule has 10 atom stereocenters. The largest absolute Gasteiger partial charge is 0.347 e. The summed E-state index contributed by atoms with van der Waals surface area (Å²) in [6.45, 7) is 15.4. The molecule has 7 rings (SSSR count). The van der Waals surface area contributed by atoms with E-state index in [-0.39, 0.29) is 54.8 Å². The predicted octanol–water partition coefficient (Wildman–Crippen LogP) is 3.71. The van der Waals surface area contributed by atoms with Gasteiger partial charge in [0.25, 0.3) is 11.8 Å². The van der Waals surface area contributed by atoms with Gasteiger partial charge in [-0.05, 0) is 131 Å². The number of fused-ring (bicyclic) bond motifs is 2. The van der Waals surface area contributed by atoms with Crippen LogP contribution in [0, 0.1) is 10.8 Å². The zero-order valence-electron chi connectivity index (χ0n) is 48.3. The molecule has 2 aliphatic carbocycles. The highest BCUT2D eigenvalue weighted by Gasteiger charge is 2.48. The number of likely N-dealkylation sites (N-methyl/N-ethyl adjacent to an activating group) is 2. The number of benzene rings is 3. The number of carbonyl (C=O) groups is 9. The van der Waals surface area contributed by atoms with Crippen LogP contribution in [0.1, 0.15) is 156 Å². The number of rotatable bonds is 17. The first-order valence-electron chi connectivity index (χ1n) is 28.1. The summed E-state index contributed by atoms with van der Waals surface area (Å²) in [4.78, 5) is 130. The lowest BCUT2D eigenvalue weighted by Crippen LogP contribution is -2.59. The molecule has 432 valence electrons. The molecule has 80 heavy (non-hydrogen) atoms. The molecule has 4 aliphatic rings. The molecule has 3 aromatic carbocycles. The molecule has 0 bridgehead atoms. The van der Waals surface area contributed by atoms with E-state index >= 15 is 0 Å². The van der Waals surface area contributed by atoms with E-state index in [4.69, 9.17) is 0 Å². The molecule has 20 nitrogen and oxygen atoms in total. The number of aryl methyl sites for hydroxylation is 2. The van der Waals surface area contributed by atoms with Gasteiger partial charge in [0.15, 0.2) is 0 Å². The van der Waals surface area contributed by atoms with Crippen LogP contribution in [-0.4, -0.2) is 138 Å². The third kappa shape index (κ3) is 14.4. The number of amides is 9. The summed E-state index contributed by atoms with van der Waals surface area (Å²) >= 11 is 0. The van der Waals surface area contributed by atoms with Crippen LogP contribution < -0.4 is 47.9 Å². The van der Waals surface area contributed by atoms with Crippen molar-refractivity contribution >= 4 is 58.9 Å². The number of likely N-dealkylation sites (tertiary alicyclic amines) is 2. The highest BCUT2D eigenvalue weighted by atomic mass is 16.2. The highest BCUT2D eigenvalue weighted by Crippen LogP contribution is 2.34. The normalized spacial score (nSPS) is 22.2. The van der Waals surface area contributed by atoms with Crippen LogP contribution in [0.25, 0.3) is 0 Å². The summed E-state index contributed by atoms with van der Waals surface area (Å²) in [5.74, 6) is -4.37. The van der Waals surface area contributed by atoms with Crippen LogP contribution >= 0.6 is 0 Å². The Kier molecular flexibility index (Phi) is 19.3. The van der Waals surface area contributed by atoms with Gasteiger partial charge in [0.1, 0.15) is 24.2 Å². The second-order valence-corrected chi connectivity index (χ2v) is 24.2. The summed E-state index contributed by atoms with van der Waals surface area (Å²) in [7, 11) is 3.28. The molecule has 20 heteroatoms. The molecule has 0 spiro atoms. The molecule has 9 N–H and O–H groups in total. The van der Waals surface area contributed by atoms with Crippen molar-refractivity contribution in [1.82, 2.24) is 52.3 Å². The van der Waals surface area contributed by atoms with Gasteiger partial charge < -0.3 is 57.7 Å². The van der Waals surface area contributed by atoms with Gasteiger partial charge in [0, 0.05) is 48.9 Å². The van der Waals surface area contributed by atoms with Gasteiger partial charge in [0.05, 0.1) is 24.2 Å². The first-order valence-corrected chi connectivity index (χ1v) is 28.1. The van der Waals surface area contributed by atoms with E-state index in [1.54, 1.807) is 27.9 Å². The molecule has 0 unspecified atom stereocenters. The zero-order chi connectivity index (χ0) is 58.4. The Morgan fingerprint density at radius 3 is 1.30 bits per heavy atom. The van der Waals surface area contributed by atoms with Gasteiger partial charge >= 0.3 is 0 Å². The molecular formula is C60H83N11O9. The van der Waals surface area contributed by atoms with E-state index in [0.29, 0.717) is 12.8 Å². The van der Waals surface area contributed by atoms with Gasteiger partial charge in [-0.15, -0.1) is 0 Å². The quantitative estimate of drug-likeness (QED) is 0.0941. The number of nitrogens with one attached hydrogen (secondary N) is 9. The van der Waals surface area contributed by atoms with Crippen molar-refractivity contribution in [2.24, 2.45) is 10.8 Å². The van der Waals surface area contributed by atoms with E-state index in [2.05, 4.69) is 47.9 Å². The standard InChI is InChI=1S/C60H83N11O9/c1-33(61-10)51(73)68-49(59(4,5)6)57(79)70-31-41(29-47(70)55(77)66-45-24-16-20-36-18-12-14-22-43(36)45)64-53(75)38-26-39(28-40(27-38)63-35(3)72)54(76)65-42-30-48(56(78)67-46-25-17-21-37-19-13-15-23-44(37)46)71(32-42)58(80)50(60(7,8)9)69-52(74)34(2)62-11/h12-15,18-19,22-23,26-28,33-34,41-42,45-50,61-62H,16-17,20-21,24-25,29-32H2,1-11H3,(H,63,72)(H,64,75)(H,65,76)(H,66,77)(H,67,78)(H,68,73)(H,69,74)/t33-,34-,41-,42-,45+,46+,47-,48-,49+,50+/m0/s1. The maximum absolute atomic E-state index is 14.8. The molecule has 9 amide bonds. The average Bonchev–Trinajstić information content (AvgIpc) is 4.06. The van der Waals surface area contributed by atoms with Gasteiger partial charge in [-0.2, -0.15) is 0 Å². The lowest BCUT2D eigenvalue weighted by Gasteiger charge is -2.36. The Balaban J connectivity index is 1.14. The SMILES string of the molecule is CN[C@@H](C)C(=O)N[C@H](C(=O)N1C[C@@H](NC(=O)c2cc(NC(C)=O)cc(C(=O)N[C@H]3C[C@@H](C(=O)N[C@@H]4CCCc5ccccc54)N(C(=O)[C@@H](NC(=O)[C@H](C)NC)C(C)(C)C)C3)c2)C[C@H]1C(=O)N[C@@H]1CCCc2ccccc21)C(C)(C)C. The lowest BCUT2D eigenvalue weighted by molar-refractivity contribution is -0.144. The summed E-state index contributed by atoms with van der Waals surface area (Å²) in [5.41, 5.74) is 2.82. The van der Waals surface area contributed by atoms with E-state index in [1.165, 1.54) is 34.9 Å². The Morgan fingerprint density at radius 2 is 0.938 bits per heavy atom. The van der Waals surface area contributed by atoms with Crippen LogP contribution in [0.5, 0.6) is 0 Å². The molecule has 0 saturated carbocycles. The Labute approximate surface area is 470 Å². The highest BCUT2D eigenvalue weighted by molar-refractivity contribution is 6.03. The van der Waals surface area contributed by atoms with E-state index < -0.39 is 112 Å². The first kappa shape index (κ1) is 60.5. The minimum atomic E-state index is -1.04. The smallest absolute Gasteiger partial charge is 0.251 e. The number of anilines is 1. The molecule has 0 aromatic heterocycles. The zero-order valence-corrected chi connectivity index (χ0v) is 48.3. The van der Waals surface area contributed by atoms with Crippen LogP contribution in [0.2, 0.25) is 0 Å². The van der Waals surface area contributed by atoms with E-state index in [0.717, 1.165) is 47.9 Å². The summed E-state index contributed by atoms with van der Waals surface area (Å²) < 4.78 is 0. The molecule has 2 fully saturated rings. The second kappa shape index (κ2) is 25.5. The first-order chi connectivity index (χ1) is 37.8. The summed E-state index contributed by atoms with van der Waals surface area (Å²) in [6.07, 6.45) is 4.92. The molecule has 2 heterocycles. The second-order valence-electron chi connectivity index (χ2n) is 24.2. The number of hydrogen-bond acceptors (Lipinski definition) is 11. The molecule has 2 aliphatic heterocycles. The fraction of sp³-hybridized carbons (Fsp3) is 0.550. The van der Waals surface area contributed by atoms with Gasteiger partial charge in [-0.1, -0.05) is 90.1 Å². The van der Waals surface area contributed by atoms with Crippen LogP contribution in [0.4, 0.5) is 5.69 Å². The van der Waals surface area contributed by atoms with Crippen molar-refractivity contribution in [2.75, 3.05) is 32.5 Å². The van der Waals surface area contributed by atoms with Gasteiger partial charge in [0.2, 0.25) is 41.4 Å². The molecule has 0 radical (unpaired) electrons. The number of nitrogens with zero attached hydrogens (tertiary/aromatic N) is 2. The van der Waals surface area contributed by atoms with E-state index in [1.807, 2.05) is 90.1 Å². The van der Waals surface area contributed by atoms with Crippen molar-refractivity contribution < 1.29 is 43.2 Å². The van der Waals surface area contributed by atoms with Crippen molar-refractivity contribution in [3.8, 4) is 0 Å². The third-order valence-electron chi connectivity index (χ3n) is 16.0. The van der Waals surface area contributed by atoms with Gasteiger partial charge in [-0.25, -0.2) is 0 Å². The van der Waals surface area contributed by atoms with Crippen LogP contribution in [-0.2, 0) is 46.4 Å². The Bertz CT molecular complexity index is 2660. The number of carbonyl (C=O) groups excluding carboxylic acids is 9. The predicted molar refractivity (Wildman–Crippen MR) is 304 cm³/mol. The van der Waals surface area contributed by atoms with Crippen molar-refractivity contribution in [3.05, 3.63) is 100 Å². The van der Waals surface area contributed by atoms with Crippen LogP contribution in [0.15, 0.2) is 66.7 Å². The van der Waals surface area contributed by atoms with Crippen molar-refractivity contribution in [3.63, 3.8) is 0 Å². The fourth-order valence-electron chi connectivity index (χ4n) is 11.3. The fourth-order valence-corrected chi connectivity index (χ4v) is 11.3. The van der Waals surface area contributed by atoms with E-state index in [9.17, 15) is 43.2 Å². The monoisotopic (exact) mass is 1100 g/mol. The Morgan fingerprint density at radius 1 is 0.550 bits per heavy atom. The minimum Gasteiger partial charge on any atom is -0.347 e. The molecule has 2 saturated heterocycles. The maximum atomic E-state index is 14.8. The lowest BCUT2D eigenvalue weighted by atomic mass is 9.85. The molecular weight excluding hydrogens is 1020 g/mol. The topological polar surface area (TPSA) is 268 Å². The number of hydrogen-bond donors (Lipinski definition) is 9. The van der Waals surface area contributed by atoms with Crippen LogP contribution in [0.3, 0.4) is 0 Å². The minimum absolute atomic E-state index is 0.0142. The average molecular weight is 1100 g/mol. The van der Waals surface area contributed by atoms with Crippen molar-refractivity contribution in [2.45, 2.75) is 174 Å². The van der Waals surface area contributed by atoms with Crippen molar-refractivity contribution in [1.29, 1.82) is 0 Å². The summed E-state index contributed by atoms with van der Waals surface area (Å²) in [6, 6.07) is 12.5. The molecule has 3 aromatic rings.